The Labute approximate surface area is 389 Å². The maximum absolute atomic E-state index is 12.2. The van der Waals surface area contributed by atoms with Gasteiger partial charge in [-0.2, -0.15) is 0 Å². The summed E-state index contributed by atoms with van der Waals surface area (Å²) in [7, 11) is 0. The molecule has 0 aliphatic carbocycles. The van der Waals surface area contributed by atoms with E-state index in [9.17, 15) is 14.7 Å². The third kappa shape index (κ3) is 51.1. The summed E-state index contributed by atoms with van der Waals surface area (Å²) in [5.41, 5.74) is 0. The Morgan fingerprint density at radius 3 is 1.05 bits per heavy atom. The summed E-state index contributed by atoms with van der Waals surface area (Å²) in [6.07, 6.45) is 76.3. The summed E-state index contributed by atoms with van der Waals surface area (Å²) in [6.45, 7) is 3.95. The van der Waals surface area contributed by atoms with Crippen LogP contribution in [-0.2, 0) is 19.1 Å². The van der Waals surface area contributed by atoms with Gasteiger partial charge in [0.25, 0.3) is 0 Å². The molecule has 1 atom stereocenters. The van der Waals surface area contributed by atoms with Crippen molar-refractivity contribution in [3.05, 3.63) is 109 Å². The number of carbonyl (C=O) groups excluding carboxylic acids is 2. The van der Waals surface area contributed by atoms with Gasteiger partial charge in [-0.3, -0.25) is 9.59 Å². The van der Waals surface area contributed by atoms with Gasteiger partial charge in [0.15, 0.2) is 6.10 Å². The van der Waals surface area contributed by atoms with Crippen LogP contribution in [0.1, 0.15) is 226 Å². The highest BCUT2D eigenvalue weighted by Crippen LogP contribution is 2.15. The van der Waals surface area contributed by atoms with Gasteiger partial charge in [-0.15, -0.1) is 0 Å². The third-order valence-corrected chi connectivity index (χ3v) is 10.8. The average Bonchev–Trinajstić information content (AvgIpc) is 3.29. The van der Waals surface area contributed by atoms with Crippen LogP contribution in [0.15, 0.2) is 109 Å². The molecular weight excluding hydrogens is 777 g/mol. The maximum atomic E-state index is 12.2. The van der Waals surface area contributed by atoms with E-state index >= 15 is 0 Å². The van der Waals surface area contributed by atoms with Gasteiger partial charge < -0.3 is 14.6 Å². The normalized spacial score (nSPS) is 13.1. The molecule has 358 valence electrons. The lowest BCUT2D eigenvalue weighted by Gasteiger charge is -2.15. The molecule has 63 heavy (non-hydrogen) atoms. The number of carbonyl (C=O) groups is 2. The first-order chi connectivity index (χ1) is 31.1. The SMILES string of the molecule is CC/C=C\C/C=C\C/C=C\C/C=C\C/C=C\C/C=C\C/C=C\C/C=C\CCCCCCCCCCCCCCCCC(=O)OC(CO)COC(=O)CCCCCCC/C=C\CCC. The molecular formula is C58H96O5. The average molecular weight is 873 g/mol. The van der Waals surface area contributed by atoms with Gasteiger partial charge in [0.1, 0.15) is 6.61 Å². The highest BCUT2D eigenvalue weighted by Gasteiger charge is 2.16. The van der Waals surface area contributed by atoms with Crippen molar-refractivity contribution in [2.45, 2.75) is 232 Å². The van der Waals surface area contributed by atoms with Crippen LogP contribution in [-0.4, -0.2) is 36.4 Å². The Kier molecular flexibility index (Phi) is 50.0. The number of aliphatic hydroxyl groups excluding tert-OH is 1. The quantitative estimate of drug-likeness (QED) is 0.0375. The van der Waals surface area contributed by atoms with Crippen molar-refractivity contribution in [3.8, 4) is 0 Å². The van der Waals surface area contributed by atoms with Crippen molar-refractivity contribution in [2.24, 2.45) is 0 Å². The first-order valence-corrected chi connectivity index (χ1v) is 25.9. The Morgan fingerprint density at radius 1 is 0.381 bits per heavy atom. The number of ether oxygens (including phenoxy) is 2. The molecule has 5 heteroatoms. The van der Waals surface area contributed by atoms with Crippen LogP contribution in [0.3, 0.4) is 0 Å². The molecule has 5 nitrogen and oxygen atoms in total. The minimum atomic E-state index is -0.778. The molecule has 0 spiro atoms. The molecule has 0 aromatic heterocycles. The van der Waals surface area contributed by atoms with Crippen molar-refractivity contribution in [2.75, 3.05) is 13.2 Å². The van der Waals surface area contributed by atoms with Gasteiger partial charge in [0.05, 0.1) is 6.61 Å². The molecule has 1 N–H and O–H groups in total. The summed E-state index contributed by atoms with van der Waals surface area (Å²) in [4.78, 5) is 24.3. The zero-order chi connectivity index (χ0) is 45.6. The first-order valence-electron chi connectivity index (χ1n) is 25.9. The van der Waals surface area contributed by atoms with Crippen LogP contribution < -0.4 is 0 Å². The van der Waals surface area contributed by atoms with E-state index in [2.05, 4.69) is 123 Å². The van der Waals surface area contributed by atoms with E-state index in [1.54, 1.807) is 0 Å². The summed E-state index contributed by atoms with van der Waals surface area (Å²) >= 11 is 0. The van der Waals surface area contributed by atoms with Crippen molar-refractivity contribution in [1.82, 2.24) is 0 Å². The van der Waals surface area contributed by atoms with E-state index in [-0.39, 0.29) is 25.2 Å². The lowest BCUT2D eigenvalue weighted by molar-refractivity contribution is -0.161. The molecule has 1 unspecified atom stereocenters. The molecule has 0 aliphatic heterocycles. The third-order valence-electron chi connectivity index (χ3n) is 10.8. The molecule has 0 aromatic carbocycles. The highest BCUT2D eigenvalue weighted by atomic mass is 16.6. The fraction of sp³-hybridized carbons (Fsp3) is 0.655. The molecule has 0 fully saturated rings. The van der Waals surface area contributed by atoms with E-state index in [1.807, 2.05) is 0 Å². The highest BCUT2D eigenvalue weighted by molar-refractivity contribution is 5.70. The van der Waals surface area contributed by atoms with Gasteiger partial charge in [0, 0.05) is 12.8 Å². The Balaban J connectivity index is 3.51. The maximum Gasteiger partial charge on any atom is 0.306 e. The number of allylic oxidation sites excluding steroid dienone is 18. The number of unbranched alkanes of at least 4 members (excludes halogenated alkanes) is 20. The number of aliphatic hydroxyl groups is 1. The summed E-state index contributed by atoms with van der Waals surface area (Å²) in [5.74, 6) is -0.607. The molecule has 0 aliphatic rings. The van der Waals surface area contributed by atoms with Gasteiger partial charge in [-0.1, -0.05) is 226 Å². The van der Waals surface area contributed by atoms with Crippen molar-refractivity contribution >= 4 is 11.9 Å². The second-order valence-electron chi connectivity index (χ2n) is 16.9. The van der Waals surface area contributed by atoms with E-state index < -0.39 is 6.10 Å². The molecule has 0 saturated carbocycles. The second-order valence-corrected chi connectivity index (χ2v) is 16.9. The van der Waals surface area contributed by atoms with Crippen LogP contribution in [0.5, 0.6) is 0 Å². The molecule has 0 rings (SSSR count). The predicted molar refractivity (Wildman–Crippen MR) is 274 cm³/mol. The van der Waals surface area contributed by atoms with Crippen molar-refractivity contribution in [1.29, 1.82) is 0 Å². The zero-order valence-electron chi connectivity index (χ0n) is 40.8. The topological polar surface area (TPSA) is 72.8 Å². The van der Waals surface area contributed by atoms with Gasteiger partial charge in [-0.25, -0.2) is 0 Å². The summed E-state index contributed by atoms with van der Waals surface area (Å²) in [6, 6.07) is 0. The standard InChI is InChI=1S/C58H96O5/c1-3-5-7-9-11-13-15-16-17-18-19-20-21-22-23-24-25-26-27-28-29-30-31-32-33-34-35-36-37-38-39-40-41-42-43-45-47-49-51-53-58(61)63-56(54-59)55-62-57(60)52-50-48-46-44-14-12-10-8-6-4-2/h5,7-8,10-11,13,16-17,19-20,22-23,25-26,28-29,31-32,56,59H,3-4,6,9,12,14-15,18,21,24,27,30,33-55H2,1-2H3/b7-5-,10-8-,13-11-,17-16-,20-19-,23-22-,26-25-,29-28-,32-31-. The minimum Gasteiger partial charge on any atom is -0.462 e. The number of rotatable bonds is 46. The molecule has 0 bridgehead atoms. The minimum absolute atomic E-state index is 0.0736. The summed E-state index contributed by atoms with van der Waals surface area (Å²) in [5, 5.41) is 9.58. The van der Waals surface area contributed by atoms with Gasteiger partial charge in [0.2, 0.25) is 0 Å². The molecule has 0 amide bonds. The van der Waals surface area contributed by atoms with Crippen LogP contribution in [0.4, 0.5) is 0 Å². The number of hydrogen-bond donors (Lipinski definition) is 1. The lowest BCUT2D eigenvalue weighted by atomic mass is 10.0. The van der Waals surface area contributed by atoms with Gasteiger partial charge >= 0.3 is 11.9 Å². The fourth-order valence-corrected chi connectivity index (χ4v) is 6.93. The lowest BCUT2D eigenvalue weighted by Crippen LogP contribution is -2.28. The van der Waals surface area contributed by atoms with Crippen LogP contribution in [0.25, 0.3) is 0 Å². The molecule has 0 saturated heterocycles. The smallest absolute Gasteiger partial charge is 0.306 e. The summed E-state index contributed by atoms with van der Waals surface area (Å²) < 4.78 is 10.6. The second kappa shape index (κ2) is 52.9. The largest absolute Gasteiger partial charge is 0.462 e. The number of hydrogen-bond acceptors (Lipinski definition) is 5. The van der Waals surface area contributed by atoms with Crippen LogP contribution in [0.2, 0.25) is 0 Å². The fourth-order valence-electron chi connectivity index (χ4n) is 6.93. The van der Waals surface area contributed by atoms with E-state index in [0.29, 0.717) is 12.8 Å². The number of esters is 2. The monoisotopic (exact) mass is 873 g/mol. The van der Waals surface area contributed by atoms with Crippen molar-refractivity contribution < 1.29 is 24.2 Å². The Bertz CT molecular complexity index is 1260. The van der Waals surface area contributed by atoms with Crippen LogP contribution in [0, 0.1) is 0 Å². The molecule has 0 aromatic rings. The predicted octanol–water partition coefficient (Wildman–Crippen LogP) is 17.4. The Hall–Kier alpha value is -3.44. The van der Waals surface area contributed by atoms with Gasteiger partial charge in [-0.05, 0) is 96.3 Å². The van der Waals surface area contributed by atoms with E-state index in [0.717, 1.165) is 103 Å². The first kappa shape index (κ1) is 59.6. The molecule has 0 radical (unpaired) electrons. The molecule has 0 heterocycles. The zero-order valence-corrected chi connectivity index (χ0v) is 40.8. The Morgan fingerprint density at radius 2 is 0.683 bits per heavy atom. The van der Waals surface area contributed by atoms with E-state index in [4.69, 9.17) is 9.47 Å². The van der Waals surface area contributed by atoms with Crippen molar-refractivity contribution in [3.63, 3.8) is 0 Å². The van der Waals surface area contributed by atoms with Crippen LogP contribution >= 0.6 is 0 Å². The van der Waals surface area contributed by atoms with E-state index in [1.165, 1.54) is 96.3 Å².